The summed E-state index contributed by atoms with van der Waals surface area (Å²) in [6.07, 6.45) is 6.22. The predicted molar refractivity (Wildman–Crippen MR) is 18.4 cm³/mol. The lowest BCUT2D eigenvalue weighted by Gasteiger charge is -1.68. The highest BCUT2D eigenvalue weighted by Crippen LogP contribution is 1.57. The van der Waals surface area contributed by atoms with Gasteiger partial charge in [0, 0.05) is 0 Å². The lowest BCUT2D eigenvalue weighted by molar-refractivity contribution is 0.304. The molecule has 0 aliphatic carbocycles. The first-order valence-corrected chi connectivity index (χ1v) is 0.934. The molecule has 0 aromatic rings. The number of rotatable bonds is 1. The van der Waals surface area contributed by atoms with Gasteiger partial charge in [0.2, 0.25) is 0 Å². The fourth-order valence-corrected chi connectivity index (χ4v) is 0.0304. The van der Waals surface area contributed by atoms with Crippen LogP contribution < -0.4 is 0 Å². The Hall–Kier alpha value is -0.970. The normalized spacial score (nSPS) is 4.60. The van der Waals surface area contributed by atoms with E-state index < -0.39 is 0 Å². The molecule has 0 heterocycles. The van der Waals surface area contributed by atoms with Crippen LogP contribution in [0.2, 0.25) is 0 Å². The molecule has 5 heavy (non-hydrogen) atoms. The van der Waals surface area contributed by atoms with Gasteiger partial charge in [-0.3, -0.25) is 0 Å². The van der Waals surface area contributed by atoms with E-state index in [1.54, 1.807) is 6.11 Å². The Morgan fingerprint density at radius 3 is 2.40 bits per heavy atom. The maximum Gasteiger partial charge on any atom is 0.145 e. The van der Waals surface area contributed by atoms with Crippen LogP contribution in [-0.4, -0.2) is 6.72 Å². The van der Waals surface area contributed by atoms with Crippen molar-refractivity contribution in [1.82, 2.24) is 0 Å². The van der Waals surface area contributed by atoms with Gasteiger partial charge in [0.15, 0.2) is 0 Å². The summed E-state index contributed by atoms with van der Waals surface area (Å²) in [6.45, 7) is 4.40. The molecule has 0 aliphatic heterocycles. The molecule has 0 spiro atoms. The van der Waals surface area contributed by atoms with Crippen molar-refractivity contribution < 1.29 is 4.84 Å². The van der Waals surface area contributed by atoms with Crippen molar-refractivity contribution in [2.45, 2.75) is 0 Å². The van der Waals surface area contributed by atoms with Gasteiger partial charge in [-0.2, -0.15) is 0 Å². The van der Waals surface area contributed by atoms with Crippen molar-refractivity contribution in [3.63, 3.8) is 0 Å². The summed E-state index contributed by atoms with van der Waals surface area (Å²) in [5.74, 6) is 0. The molecule has 0 rings (SSSR count). The Morgan fingerprint density at radius 1 is 1.80 bits per heavy atom. The van der Waals surface area contributed by atoms with Gasteiger partial charge in [-0.25, -0.2) is 0 Å². The molecule has 1 radical (unpaired) electrons. The van der Waals surface area contributed by atoms with Crippen LogP contribution in [0.15, 0.2) is 5.16 Å². The van der Waals surface area contributed by atoms with Crippen molar-refractivity contribution in [2.75, 3.05) is 0 Å². The minimum absolute atomic E-state index is 1.73. The maximum atomic E-state index is 4.49. The molecule has 0 saturated carbocycles. The fourth-order valence-electron chi connectivity index (χ4n) is 0.0304. The Balaban J connectivity index is 2.75. The lowest BCUT2D eigenvalue weighted by Crippen LogP contribution is -1.55. The standard InChI is InChI=1S/C3H2NO/c1-3-5-4-2/h1-2H. The third kappa shape index (κ3) is 3.03. The summed E-state index contributed by atoms with van der Waals surface area (Å²) in [5, 5.41) is 2.62. The van der Waals surface area contributed by atoms with Crippen LogP contribution in [0.25, 0.3) is 0 Å². The molecule has 0 fully saturated rings. The van der Waals surface area contributed by atoms with Crippen LogP contribution >= 0.6 is 0 Å². The summed E-state index contributed by atoms with van der Waals surface area (Å²) in [7, 11) is 0. The van der Waals surface area contributed by atoms with Gasteiger partial charge in [-0.05, 0) is 0 Å². The maximum absolute atomic E-state index is 4.49. The summed E-state index contributed by atoms with van der Waals surface area (Å²) < 4.78 is 0. The Morgan fingerprint density at radius 2 is 2.40 bits per heavy atom. The monoisotopic (exact) mass is 68.0 g/mol. The van der Waals surface area contributed by atoms with E-state index in [0.717, 1.165) is 0 Å². The quantitative estimate of drug-likeness (QED) is 0.242. The minimum Gasteiger partial charge on any atom is -0.304 e. The number of hydrogen-bond donors (Lipinski definition) is 0. The molecule has 0 unspecified atom stereocenters. The highest BCUT2D eigenvalue weighted by atomic mass is 16.6. The average Bonchev–Trinajstić information content (AvgIpc) is 1.41. The predicted octanol–water partition coefficient (Wildman–Crippen LogP) is 0.0863. The van der Waals surface area contributed by atoms with E-state index >= 15 is 0 Å². The zero-order chi connectivity index (χ0) is 4.12. The molecule has 0 aliphatic rings. The van der Waals surface area contributed by atoms with Crippen molar-refractivity contribution in [2.24, 2.45) is 5.16 Å². The molecule has 0 N–H and O–H groups in total. The highest BCUT2D eigenvalue weighted by Gasteiger charge is 1.46. The Labute approximate surface area is 30.4 Å². The lowest BCUT2D eigenvalue weighted by atomic mass is 11.3. The van der Waals surface area contributed by atoms with E-state index in [-0.39, 0.29) is 0 Å². The zero-order valence-corrected chi connectivity index (χ0v) is 2.51. The first-order valence-electron chi connectivity index (χ1n) is 0.934. The molecule has 2 heteroatoms. The summed E-state index contributed by atoms with van der Waals surface area (Å²) in [6, 6.07) is 0. The average molecular weight is 68.1 g/mol. The van der Waals surface area contributed by atoms with E-state index in [0.29, 0.717) is 0 Å². The fraction of sp³-hybridized carbons (Fsp3) is 0. The van der Waals surface area contributed by atoms with Gasteiger partial charge < -0.3 is 4.84 Å². The third-order valence-corrected chi connectivity index (χ3v) is 0.105. The number of hydrogen-bond acceptors (Lipinski definition) is 2. The van der Waals surface area contributed by atoms with E-state index in [2.05, 4.69) is 23.1 Å². The van der Waals surface area contributed by atoms with Gasteiger partial charge in [-0.1, -0.05) is 11.6 Å². The van der Waals surface area contributed by atoms with E-state index in [1.165, 1.54) is 0 Å². The summed E-state index contributed by atoms with van der Waals surface area (Å²) >= 11 is 0. The van der Waals surface area contributed by atoms with E-state index in [9.17, 15) is 0 Å². The smallest absolute Gasteiger partial charge is 0.145 e. The SMILES string of the molecule is [CH]=NOC#C. The van der Waals surface area contributed by atoms with Gasteiger partial charge in [0.05, 0.1) is 6.72 Å². The molecule has 0 atom stereocenters. The number of nitrogens with zero attached hydrogens (tertiary/aromatic N) is 1. The second kappa shape index (κ2) is 3.03. The molecule has 0 saturated heterocycles. The molecule has 0 bridgehead atoms. The summed E-state index contributed by atoms with van der Waals surface area (Å²) in [4.78, 5) is 3.76. The van der Waals surface area contributed by atoms with Crippen LogP contribution in [0.5, 0.6) is 0 Å². The van der Waals surface area contributed by atoms with Gasteiger partial charge >= 0.3 is 0 Å². The van der Waals surface area contributed by atoms with Crippen LogP contribution in [0.3, 0.4) is 0 Å². The molecular weight excluding hydrogens is 66.0 g/mol. The molecule has 0 amide bonds. The van der Waals surface area contributed by atoms with Gasteiger partial charge in [0.25, 0.3) is 0 Å². The van der Waals surface area contributed by atoms with Crippen LogP contribution in [0.4, 0.5) is 0 Å². The first-order chi connectivity index (χ1) is 2.41. The largest absolute Gasteiger partial charge is 0.304 e. The first kappa shape index (κ1) is 4.03. The van der Waals surface area contributed by atoms with Crippen LogP contribution in [0, 0.1) is 12.5 Å². The van der Waals surface area contributed by atoms with Crippen LogP contribution in [0.1, 0.15) is 0 Å². The topological polar surface area (TPSA) is 21.6 Å². The highest BCUT2D eigenvalue weighted by molar-refractivity contribution is 5.21. The van der Waals surface area contributed by atoms with Gasteiger partial charge in [0.1, 0.15) is 6.11 Å². The van der Waals surface area contributed by atoms with Crippen molar-refractivity contribution >= 4 is 6.72 Å². The second-order valence-corrected chi connectivity index (χ2v) is 0.315. The third-order valence-electron chi connectivity index (χ3n) is 0.105. The minimum atomic E-state index is 1.73. The van der Waals surface area contributed by atoms with Gasteiger partial charge in [-0.15, -0.1) is 0 Å². The van der Waals surface area contributed by atoms with Crippen LogP contribution in [-0.2, 0) is 4.84 Å². The molecule has 0 aromatic heterocycles. The van der Waals surface area contributed by atoms with Crippen molar-refractivity contribution in [3.05, 3.63) is 0 Å². The van der Waals surface area contributed by atoms with Crippen molar-refractivity contribution in [1.29, 1.82) is 0 Å². The van der Waals surface area contributed by atoms with Crippen molar-refractivity contribution in [3.8, 4) is 12.5 Å². The molecular formula is C3H2NO. The summed E-state index contributed by atoms with van der Waals surface area (Å²) in [5.41, 5.74) is 0. The Kier molecular flexibility index (Phi) is 2.44. The Bertz CT molecular complexity index is 61.8. The molecule has 25 valence electrons. The molecule has 2 nitrogen and oxygen atoms in total. The molecule has 0 aromatic carbocycles. The zero-order valence-electron chi connectivity index (χ0n) is 2.51. The number of terminal acetylenes is 1. The van der Waals surface area contributed by atoms with E-state index in [1.807, 2.05) is 0 Å². The second-order valence-electron chi connectivity index (χ2n) is 0.315. The van der Waals surface area contributed by atoms with E-state index in [4.69, 9.17) is 0 Å².